The van der Waals surface area contributed by atoms with Gasteiger partial charge in [0.2, 0.25) is 0 Å². The topological polar surface area (TPSA) is 70.0 Å². The number of rotatable bonds is 4. The number of fused-ring (bicyclic) bond motifs is 1. The number of nitrogens with two attached hydrogens (primary N) is 1. The molecule has 0 radical (unpaired) electrons. The highest BCUT2D eigenvalue weighted by Crippen LogP contribution is 2.29. The fraction of sp³-hybridized carbons (Fsp3) is 0.571. The van der Waals surface area contributed by atoms with E-state index in [4.69, 9.17) is 5.73 Å². The lowest BCUT2D eigenvalue weighted by molar-refractivity contribution is -0.136. The van der Waals surface area contributed by atoms with E-state index in [2.05, 4.69) is 0 Å². The first-order chi connectivity index (χ1) is 10.6. The first kappa shape index (κ1) is 20.7. The van der Waals surface area contributed by atoms with Crippen LogP contribution < -0.4 is 17.0 Å². The summed E-state index contributed by atoms with van der Waals surface area (Å²) in [5, 5.41) is 0.283. The Labute approximate surface area is 146 Å². The molecule has 0 spiro atoms. The molecule has 2 aromatic rings. The first-order valence-electron chi connectivity index (χ1n) is 7.12. The summed E-state index contributed by atoms with van der Waals surface area (Å²) < 4.78 is 39.7. The highest BCUT2D eigenvalue weighted by Gasteiger charge is 2.28. The van der Waals surface area contributed by atoms with Crippen LogP contribution >= 0.6 is 23.7 Å². The number of thiophene rings is 1. The van der Waals surface area contributed by atoms with Gasteiger partial charge in [0.15, 0.2) is 0 Å². The van der Waals surface area contributed by atoms with Crippen LogP contribution in [0.2, 0.25) is 0 Å². The Morgan fingerprint density at radius 3 is 2.29 bits per heavy atom. The van der Waals surface area contributed by atoms with E-state index < -0.39 is 36.4 Å². The monoisotopic (exact) mass is 385 g/mol. The zero-order chi connectivity index (χ0) is 17.5. The van der Waals surface area contributed by atoms with Gasteiger partial charge in [-0.2, -0.15) is 13.2 Å². The normalized spacial score (nSPS) is 12.0. The third-order valence-corrected chi connectivity index (χ3v) is 5.00. The molecule has 0 atom stereocenters. The summed E-state index contributed by atoms with van der Waals surface area (Å²) in [6, 6.07) is -0.447. The van der Waals surface area contributed by atoms with Gasteiger partial charge in [-0.25, -0.2) is 4.79 Å². The van der Waals surface area contributed by atoms with Crippen molar-refractivity contribution in [2.24, 2.45) is 5.73 Å². The van der Waals surface area contributed by atoms with Crippen molar-refractivity contribution in [3.8, 4) is 0 Å². The Morgan fingerprint density at radius 2 is 1.83 bits per heavy atom. The molecule has 136 valence electrons. The maximum atomic E-state index is 12.6. The van der Waals surface area contributed by atoms with Gasteiger partial charge in [-0.15, -0.1) is 23.7 Å². The predicted molar refractivity (Wildman–Crippen MR) is 91.3 cm³/mol. The van der Waals surface area contributed by atoms with E-state index in [-0.39, 0.29) is 29.2 Å². The predicted octanol–water partition coefficient (Wildman–Crippen LogP) is 2.95. The van der Waals surface area contributed by atoms with E-state index in [9.17, 15) is 22.8 Å². The number of aryl methyl sites for hydroxylation is 2. The van der Waals surface area contributed by atoms with Crippen LogP contribution in [0.5, 0.6) is 0 Å². The summed E-state index contributed by atoms with van der Waals surface area (Å²) in [5.41, 5.74) is 5.07. The van der Waals surface area contributed by atoms with Gasteiger partial charge < -0.3 is 5.73 Å². The van der Waals surface area contributed by atoms with E-state index in [0.29, 0.717) is 10.4 Å². The maximum absolute atomic E-state index is 12.6. The summed E-state index contributed by atoms with van der Waals surface area (Å²) in [5.74, 6) is 0. The molecule has 0 aliphatic heterocycles. The summed E-state index contributed by atoms with van der Waals surface area (Å²) >= 11 is 1.11. The van der Waals surface area contributed by atoms with Crippen molar-refractivity contribution >= 4 is 34.0 Å². The second-order valence-electron chi connectivity index (χ2n) is 5.60. The molecule has 0 bridgehead atoms. The molecule has 0 aliphatic carbocycles. The quantitative estimate of drug-likeness (QED) is 0.879. The van der Waals surface area contributed by atoms with E-state index in [0.717, 1.165) is 20.5 Å². The molecule has 5 nitrogen and oxygen atoms in total. The molecule has 24 heavy (non-hydrogen) atoms. The highest BCUT2D eigenvalue weighted by atomic mass is 35.5. The summed E-state index contributed by atoms with van der Waals surface area (Å²) in [4.78, 5) is 26.0. The third-order valence-electron chi connectivity index (χ3n) is 3.66. The Morgan fingerprint density at radius 1 is 1.25 bits per heavy atom. The van der Waals surface area contributed by atoms with Crippen molar-refractivity contribution in [2.45, 2.75) is 52.5 Å². The third kappa shape index (κ3) is 3.68. The number of nitrogens with zero attached hydrogens (tertiary/aromatic N) is 2. The van der Waals surface area contributed by atoms with Crippen molar-refractivity contribution in [1.82, 2.24) is 9.13 Å². The fourth-order valence-electron chi connectivity index (χ4n) is 2.50. The molecule has 2 rings (SSSR count). The van der Waals surface area contributed by atoms with E-state index >= 15 is 0 Å². The minimum atomic E-state index is -4.38. The van der Waals surface area contributed by atoms with Crippen LogP contribution in [0.25, 0.3) is 10.2 Å². The van der Waals surface area contributed by atoms with Crippen molar-refractivity contribution < 1.29 is 13.2 Å². The smallest absolute Gasteiger partial charge is 0.326 e. The zero-order valence-electron chi connectivity index (χ0n) is 13.4. The van der Waals surface area contributed by atoms with Gasteiger partial charge in [0.05, 0.1) is 11.8 Å². The number of hydrogen-bond donors (Lipinski definition) is 1. The van der Waals surface area contributed by atoms with Gasteiger partial charge in [0, 0.05) is 24.0 Å². The number of halogens is 4. The lowest BCUT2D eigenvalue weighted by Gasteiger charge is -2.15. The minimum absolute atomic E-state index is 0. The van der Waals surface area contributed by atoms with E-state index in [1.54, 1.807) is 20.8 Å². The van der Waals surface area contributed by atoms with Crippen molar-refractivity contribution in [1.29, 1.82) is 0 Å². The second-order valence-corrected chi connectivity index (χ2v) is 6.69. The molecule has 2 N–H and O–H groups in total. The fourth-order valence-corrected chi connectivity index (χ4v) is 3.69. The molecule has 0 saturated heterocycles. The van der Waals surface area contributed by atoms with Gasteiger partial charge in [0.25, 0.3) is 5.56 Å². The standard InChI is InChI=1S/C14H18F3N3O2S.ClH/c1-7(2)20-11(21)10-8(3)9(6-18)23-12(10)19(13(20)22)5-4-14(15,16)17;/h7H,4-6,18H2,1-3H3;1H. The van der Waals surface area contributed by atoms with Crippen molar-refractivity contribution in [2.75, 3.05) is 0 Å². The minimum Gasteiger partial charge on any atom is -0.326 e. The van der Waals surface area contributed by atoms with Crippen LogP contribution in [-0.4, -0.2) is 15.3 Å². The second kappa shape index (κ2) is 7.28. The summed E-state index contributed by atoms with van der Waals surface area (Å²) in [6.45, 7) is 4.64. The SMILES string of the molecule is Cc1c(CN)sc2c1c(=O)n(C(C)C)c(=O)n2CCC(F)(F)F.Cl. The molecule has 2 heterocycles. The molecule has 0 aromatic carbocycles. The summed E-state index contributed by atoms with van der Waals surface area (Å²) in [7, 11) is 0. The Balaban J connectivity index is 0.00000288. The lowest BCUT2D eigenvalue weighted by atomic mass is 10.2. The van der Waals surface area contributed by atoms with Crippen LogP contribution in [0.15, 0.2) is 9.59 Å². The van der Waals surface area contributed by atoms with E-state index in [1.807, 2.05) is 0 Å². The average Bonchev–Trinajstić information content (AvgIpc) is 2.74. The highest BCUT2D eigenvalue weighted by molar-refractivity contribution is 7.18. The molecule has 0 saturated carbocycles. The van der Waals surface area contributed by atoms with Gasteiger partial charge in [-0.05, 0) is 26.3 Å². The Hall–Kier alpha value is -1.32. The molecule has 0 unspecified atom stereocenters. The number of hydrogen-bond acceptors (Lipinski definition) is 4. The van der Waals surface area contributed by atoms with Gasteiger partial charge in [0.1, 0.15) is 4.83 Å². The van der Waals surface area contributed by atoms with Gasteiger partial charge >= 0.3 is 11.9 Å². The maximum Gasteiger partial charge on any atom is 0.390 e. The lowest BCUT2D eigenvalue weighted by Crippen LogP contribution is -2.41. The number of aromatic nitrogens is 2. The van der Waals surface area contributed by atoms with Crippen molar-refractivity contribution in [3.05, 3.63) is 31.3 Å². The molecule has 2 aromatic heterocycles. The van der Waals surface area contributed by atoms with Crippen LogP contribution in [0.3, 0.4) is 0 Å². The molecule has 0 aliphatic rings. The zero-order valence-corrected chi connectivity index (χ0v) is 15.1. The van der Waals surface area contributed by atoms with Crippen LogP contribution in [0.1, 0.15) is 36.8 Å². The first-order valence-corrected chi connectivity index (χ1v) is 7.94. The summed E-state index contributed by atoms with van der Waals surface area (Å²) in [6.07, 6.45) is -5.51. The molecular formula is C14H19ClF3N3O2S. The van der Waals surface area contributed by atoms with Crippen LogP contribution in [0.4, 0.5) is 13.2 Å². The largest absolute Gasteiger partial charge is 0.390 e. The Bertz CT molecular complexity index is 852. The molecule has 0 fully saturated rings. The number of alkyl halides is 3. The Kier molecular flexibility index (Phi) is 6.29. The molecule has 10 heteroatoms. The van der Waals surface area contributed by atoms with Gasteiger partial charge in [-0.1, -0.05) is 0 Å². The van der Waals surface area contributed by atoms with Crippen molar-refractivity contribution in [3.63, 3.8) is 0 Å². The average molecular weight is 386 g/mol. The van der Waals surface area contributed by atoms with Crippen LogP contribution in [-0.2, 0) is 13.1 Å². The van der Waals surface area contributed by atoms with Gasteiger partial charge in [-0.3, -0.25) is 13.9 Å². The molecular weight excluding hydrogens is 367 g/mol. The molecule has 0 amide bonds. The van der Waals surface area contributed by atoms with Crippen LogP contribution in [0, 0.1) is 6.92 Å². The van der Waals surface area contributed by atoms with E-state index in [1.165, 1.54) is 0 Å².